The Morgan fingerprint density at radius 1 is 0.943 bits per heavy atom. The van der Waals surface area contributed by atoms with Gasteiger partial charge < -0.3 is 14.6 Å². The molecule has 0 spiro atoms. The average Bonchev–Trinajstić information content (AvgIpc) is 3.12. The summed E-state index contributed by atoms with van der Waals surface area (Å²) in [5.74, 6) is 3.52. The molecule has 0 aliphatic heterocycles. The van der Waals surface area contributed by atoms with Crippen molar-refractivity contribution in [3.05, 3.63) is 0 Å². The first-order valence-electron chi connectivity index (χ1n) is 14.4. The van der Waals surface area contributed by atoms with Gasteiger partial charge in [-0.2, -0.15) is 0 Å². The summed E-state index contributed by atoms with van der Waals surface area (Å²) in [6, 6.07) is 0. The number of rotatable bonds is 6. The molecule has 0 radical (unpaired) electrons. The summed E-state index contributed by atoms with van der Waals surface area (Å²) >= 11 is 0. The summed E-state index contributed by atoms with van der Waals surface area (Å²) in [6.07, 6.45) is 12.2. The Morgan fingerprint density at radius 2 is 1.63 bits per heavy atom. The van der Waals surface area contributed by atoms with E-state index >= 15 is 0 Å². The lowest BCUT2D eigenvalue weighted by Gasteiger charge is -2.61. The Hall–Kier alpha value is -1.10. The van der Waals surface area contributed by atoms with Crippen LogP contribution >= 0.6 is 0 Å². The standard InChI is InChI=1S/C30H50O5/c1-19(7-12-26(32)34-18-27(33)35-28(2,3)4)23-10-11-24-22-9-8-20-17-21(31)13-15-29(20,5)25(22)14-16-30(23,24)6/h19-25,31H,7-18H2,1-6H3/t19-,20?,21-,22+,23-,24+,25+,29+,30-/m1/s1. The lowest BCUT2D eigenvalue weighted by atomic mass is 9.44. The molecule has 1 N–H and O–H groups in total. The molecule has 0 heterocycles. The number of hydrogen-bond donors (Lipinski definition) is 1. The van der Waals surface area contributed by atoms with Gasteiger partial charge in [-0.25, -0.2) is 4.79 Å². The molecule has 1 unspecified atom stereocenters. The molecule has 5 nitrogen and oxygen atoms in total. The van der Waals surface area contributed by atoms with Crippen molar-refractivity contribution in [3.63, 3.8) is 0 Å². The SMILES string of the molecule is C[C@H](CCC(=O)OCC(=O)OC(C)(C)C)[C@H]1CC[C@H]2[C@@H]3CCC4C[C@H](O)CC[C@]4(C)[C@H]3CC[C@]12C. The Labute approximate surface area is 213 Å². The second-order valence-electron chi connectivity index (χ2n) is 14.1. The van der Waals surface area contributed by atoms with Gasteiger partial charge in [-0.1, -0.05) is 20.8 Å². The number of carbonyl (C=O) groups excluding carboxylic acids is 2. The van der Waals surface area contributed by atoms with Gasteiger partial charge in [0.15, 0.2) is 6.61 Å². The Morgan fingerprint density at radius 3 is 2.34 bits per heavy atom. The highest BCUT2D eigenvalue weighted by Crippen LogP contribution is 2.68. The predicted octanol–water partition coefficient (Wildman–Crippen LogP) is 6.31. The van der Waals surface area contributed by atoms with Crippen LogP contribution in [0.5, 0.6) is 0 Å². The third-order valence-electron chi connectivity index (χ3n) is 11.0. The third kappa shape index (κ3) is 5.45. The highest BCUT2D eigenvalue weighted by Gasteiger charge is 2.60. The zero-order chi connectivity index (χ0) is 25.6. The third-order valence-corrected chi connectivity index (χ3v) is 11.0. The fourth-order valence-electron chi connectivity index (χ4n) is 9.34. The van der Waals surface area contributed by atoms with Crippen LogP contribution in [0.1, 0.15) is 112 Å². The van der Waals surface area contributed by atoms with Gasteiger partial charge in [0.2, 0.25) is 0 Å². The summed E-state index contributed by atoms with van der Waals surface area (Å²) in [5.41, 5.74) is 0.226. The molecule has 4 saturated carbocycles. The summed E-state index contributed by atoms with van der Waals surface area (Å²) in [4.78, 5) is 24.2. The molecule has 4 aliphatic carbocycles. The molecule has 4 fully saturated rings. The van der Waals surface area contributed by atoms with E-state index in [-0.39, 0.29) is 18.7 Å². The summed E-state index contributed by atoms with van der Waals surface area (Å²) in [7, 11) is 0. The van der Waals surface area contributed by atoms with E-state index in [0.29, 0.717) is 35.0 Å². The molecule has 0 aromatic rings. The van der Waals surface area contributed by atoms with Crippen molar-refractivity contribution in [2.75, 3.05) is 6.61 Å². The van der Waals surface area contributed by atoms with Gasteiger partial charge in [0.25, 0.3) is 0 Å². The van der Waals surface area contributed by atoms with Gasteiger partial charge in [0.1, 0.15) is 5.60 Å². The van der Waals surface area contributed by atoms with E-state index < -0.39 is 11.6 Å². The van der Waals surface area contributed by atoms with Crippen molar-refractivity contribution in [3.8, 4) is 0 Å². The first kappa shape index (κ1) is 26.9. The molecule has 9 atom stereocenters. The van der Waals surface area contributed by atoms with E-state index in [0.717, 1.165) is 37.0 Å². The van der Waals surface area contributed by atoms with E-state index in [1.165, 1.54) is 44.9 Å². The quantitative estimate of drug-likeness (QED) is 0.442. The first-order chi connectivity index (χ1) is 16.3. The van der Waals surface area contributed by atoms with Crippen molar-refractivity contribution in [2.45, 2.75) is 124 Å². The van der Waals surface area contributed by atoms with Crippen LogP contribution in [0.3, 0.4) is 0 Å². The minimum Gasteiger partial charge on any atom is -0.457 e. The number of aliphatic hydroxyl groups is 1. The zero-order valence-corrected chi connectivity index (χ0v) is 23.1. The molecule has 200 valence electrons. The van der Waals surface area contributed by atoms with E-state index in [2.05, 4.69) is 20.8 Å². The summed E-state index contributed by atoms with van der Waals surface area (Å²) in [6.45, 7) is 12.6. The van der Waals surface area contributed by atoms with Crippen molar-refractivity contribution in [2.24, 2.45) is 46.3 Å². The van der Waals surface area contributed by atoms with Crippen LogP contribution in [0, 0.1) is 46.3 Å². The fourth-order valence-corrected chi connectivity index (χ4v) is 9.34. The molecule has 0 amide bonds. The van der Waals surface area contributed by atoms with Gasteiger partial charge in [-0.3, -0.25) is 4.79 Å². The molecule has 4 rings (SSSR count). The minimum atomic E-state index is -0.569. The van der Waals surface area contributed by atoms with E-state index in [1.54, 1.807) is 0 Å². The molecular formula is C30H50O5. The van der Waals surface area contributed by atoms with Gasteiger partial charge in [0.05, 0.1) is 6.10 Å². The number of hydrogen-bond acceptors (Lipinski definition) is 5. The van der Waals surface area contributed by atoms with Crippen molar-refractivity contribution in [1.82, 2.24) is 0 Å². The maximum absolute atomic E-state index is 12.3. The maximum Gasteiger partial charge on any atom is 0.344 e. The van der Waals surface area contributed by atoms with Crippen LogP contribution in [0.15, 0.2) is 0 Å². The lowest BCUT2D eigenvalue weighted by molar-refractivity contribution is -0.166. The Bertz CT molecular complexity index is 786. The van der Waals surface area contributed by atoms with Gasteiger partial charge in [-0.05, 0) is 131 Å². The van der Waals surface area contributed by atoms with Crippen molar-refractivity contribution in [1.29, 1.82) is 0 Å². The smallest absolute Gasteiger partial charge is 0.344 e. The maximum atomic E-state index is 12.3. The van der Waals surface area contributed by atoms with Crippen LogP contribution in [0.25, 0.3) is 0 Å². The number of esters is 2. The van der Waals surface area contributed by atoms with Gasteiger partial charge in [0, 0.05) is 6.42 Å². The topological polar surface area (TPSA) is 72.8 Å². The predicted molar refractivity (Wildman–Crippen MR) is 136 cm³/mol. The fraction of sp³-hybridized carbons (Fsp3) is 0.933. The molecule has 0 bridgehead atoms. The molecule has 0 aromatic carbocycles. The normalized spacial score (nSPS) is 41.8. The van der Waals surface area contributed by atoms with Gasteiger partial charge in [-0.15, -0.1) is 0 Å². The largest absolute Gasteiger partial charge is 0.457 e. The molecular weight excluding hydrogens is 440 g/mol. The Balaban J connectivity index is 1.31. The van der Waals surface area contributed by atoms with Crippen LogP contribution in [-0.4, -0.2) is 35.4 Å². The molecule has 0 saturated heterocycles. The molecule has 4 aliphatic rings. The first-order valence-corrected chi connectivity index (χ1v) is 14.4. The van der Waals surface area contributed by atoms with Gasteiger partial charge >= 0.3 is 11.9 Å². The lowest BCUT2D eigenvalue weighted by Crippen LogP contribution is -2.54. The number of aliphatic hydroxyl groups excluding tert-OH is 1. The second-order valence-corrected chi connectivity index (χ2v) is 14.1. The monoisotopic (exact) mass is 490 g/mol. The number of ether oxygens (including phenoxy) is 2. The highest BCUT2D eigenvalue weighted by atomic mass is 16.6. The number of fused-ring (bicyclic) bond motifs is 5. The zero-order valence-electron chi connectivity index (χ0n) is 23.1. The highest BCUT2D eigenvalue weighted by molar-refractivity contribution is 5.76. The minimum absolute atomic E-state index is 0.0778. The number of carbonyl (C=O) groups is 2. The van der Waals surface area contributed by atoms with Crippen LogP contribution < -0.4 is 0 Å². The summed E-state index contributed by atoms with van der Waals surface area (Å²) < 4.78 is 10.4. The van der Waals surface area contributed by atoms with Crippen molar-refractivity contribution < 1.29 is 24.2 Å². The van der Waals surface area contributed by atoms with E-state index in [4.69, 9.17) is 9.47 Å². The van der Waals surface area contributed by atoms with Crippen LogP contribution in [0.4, 0.5) is 0 Å². The summed E-state index contributed by atoms with van der Waals surface area (Å²) in [5, 5.41) is 10.3. The second kappa shape index (κ2) is 9.99. The average molecular weight is 491 g/mol. The van der Waals surface area contributed by atoms with E-state index in [9.17, 15) is 14.7 Å². The van der Waals surface area contributed by atoms with E-state index in [1.807, 2.05) is 20.8 Å². The van der Waals surface area contributed by atoms with Crippen LogP contribution in [-0.2, 0) is 19.1 Å². The molecule has 0 aromatic heterocycles. The molecule has 35 heavy (non-hydrogen) atoms. The Kier molecular flexibility index (Phi) is 7.69. The van der Waals surface area contributed by atoms with Crippen LogP contribution in [0.2, 0.25) is 0 Å². The molecule has 5 heteroatoms. The van der Waals surface area contributed by atoms with Crippen molar-refractivity contribution >= 4 is 11.9 Å².